The zero-order chi connectivity index (χ0) is 9.97. The number of furan rings is 1. The Morgan fingerprint density at radius 3 is 2.93 bits per heavy atom. The molecule has 0 saturated heterocycles. The van der Waals surface area contributed by atoms with Gasteiger partial charge in [-0.3, -0.25) is 4.79 Å². The van der Waals surface area contributed by atoms with Crippen molar-refractivity contribution in [3.8, 4) is 11.5 Å². The highest BCUT2D eigenvalue weighted by Gasteiger charge is 2.05. The number of anilines is 1. The molecule has 0 aliphatic heterocycles. The second kappa shape index (κ2) is 3.29. The average molecular weight is 189 g/mol. The number of nitrogen functional groups attached to an aromatic ring is 1. The largest absolute Gasteiger partial charge is 0.463 e. The van der Waals surface area contributed by atoms with Crippen LogP contribution in [-0.4, -0.2) is 16.3 Å². The Bertz CT molecular complexity index is 451. The fourth-order valence-corrected chi connectivity index (χ4v) is 1.10. The van der Waals surface area contributed by atoms with Crippen LogP contribution in [0.2, 0.25) is 0 Å². The van der Waals surface area contributed by atoms with E-state index >= 15 is 0 Å². The van der Waals surface area contributed by atoms with Gasteiger partial charge in [0.1, 0.15) is 11.4 Å². The second-order valence-electron chi connectivity index (χ2n) is 2.63. The molecule has 0 fully saturated rings. The summed E-state index contributed by atoms with van der Waals surface area (Å²) in [5, 5.41) is 0. The number of rotatable bonds is 2. The van der Waals surface area contributed by atoms with Gasteiger partial charge in [-0.1, -0.05) is 0 Å². The summed E-state index contributed by atoms with van der Waals surface area (Å²) in [5.74, 6) is 0.614. The van der Waals surface area contributed by atoms with Crippen molar-refractivity contribution in [3.05, 3.63) is 30.2 Å². The van der Waals surface area contributed by atoms with E-state index in [1.807, 2.05) is 0 Å². The second-order valence-corrected chi connectivity index (χ2v) is 2.63. The first kappa shape index (κ1) is 8.43. The van der Waals surface area contributed by atoms with E-state index in [0.717, 1.165) is 0 Å². The third-order valence-electron chi connectivity index (χ3n) is 1.66. The van der Waals surface area contributed by atoms with Crippen LogP contribution >= 0.6 is 0 Å². The zero-order valence-electron chi connectivity index (χ0n) is 7.18. The number of nitrogens with two attached hydrogens (primary N) is 1. The minimum absolute atomic E-state index is 0.0565. The zero-order valence-corrected chi connectivity index (χ0v) is 7.18. The van der Waals surface area contributed by atoms with Crippen molar-refractivity contribution in [1.29, 1.82) is 0 Å². The lowest BCUT2D eigenvalue weighted by molar-refractivity contribution is 0.111. The molecule has 0 bridgehead atoms. The Labute approximate surface area is 79.6 Å². The lowest BCUT2D eigenvalue weighted by atomic mass is 10.3. The summed E-state index contributed by atoms with van der Waals surface area (Å²) >= 11 is 0. The van der Waals surface area contributed by atoms with Crippen LogP contribution in [-0.2, 0) is 0 Å². The standard InChI is InChI=1S/C9H7N3O2/c10-9-11-6(5-13)4-7(12-9)8-2-1-3-14-8/h1-5H,(H2,10,11,12). The third kappa shape index (κ3) is 1.47. The Kier molecular flexibility index (Phi) is 1.98. The molecule has 2 aromatic rings. The normalized spacial score (nSPS) is 10.0. The summed E-state index contributed by atoms with van der Waals surface area (Å²) in [6, 6.07) is 4.98. The first-order chi connectivity index (χ1) is 6.79. The van der Waals surface area contributed by atoms with E-state index < -0.39 is 0 Å². The Morgan fingerprint density at radius 1 is 1.43 bits per heavy atom. The molecule has 5 nitrogen and oxygen atoms in total. The fraction of sp³-hybridized carbons (Fsp3) is 0. The SMILES string of the molecule is Nc1nc(C=O)cc(-c2ccco2)n1. The number of aromatic nitrogens is 2. The predicted molar refractivity (Wildman–Crippen MR) is 49.5 cm³/mol. The maximum absolute atomic E-state index is 10.5. The van der Waals surface area contributed by atoms with Crippen LogP contribution in [0.4, 0.5) is 5.95 Å². The molecular formula is C9H7N3O2. The van der Waals surface area contributed by atoms with Crippen LogP contribution in [0.5, 0.6) is 0 Å². The molecule has 70 valence electrons. The quantitative estimate of drug-likeness (QED) is 0.716. The van der Waals surface area contributed by atoms with E-state index in [1.165, 1.54) is 12.3 Å². The molecular weight excluding hydrogens is 182 g/mol. The van der Waals surface area contributed by atoms with Crippen molar-refractivity contribution < 1.29 is 9.21 Å². The molecule has 0 spiro atoms. The van der Waals surface area contributed by atoms with Gasteiger partial charge in [0.15, 0.2) is 12.0 Å². The topological polar surface area (TPSA) is 82.0 Å². The highest BCUT2D eigenvalue weighted by Crippen LogP contribution is 2.18. The van der Waals surface area contributed by atoms with Crippen LogP contribution in [0.1, 0.15) is 10.5 Å². The summed E-state index contributed by atoms with van der Waals surface area (Å²) in [7, 11) is 0. The molecule has 0 radical (unpaired) electrons. The highest BCUT2D eigenvalue weighted by molar-refractivity contribution is 5.74. The molecule has 14 heavy (non-hydrogen) atoms. The van der Waals surface area contributed by atoms with Gasteiger partial charge in [-0.05, 0) is 18.2 Å². The van der Waals surface area contributed by atoms with Crippen LogP contribution < -0.4 is 5.73 Å². The monoisotopic (exact) mass is 189 g/mol. The number of hydrogen-bond donors (Lipinski definition) is 1. The molecule has 2 heterocycles. The molecule has 0 amide bonds. The summed E-state index contributed by atoms with van der Waals surface area (Å²) in [6.07, 6.45) is 2.14. The van der Waals surface area contributed by atoms with Gasteiger partial charge in [0.05, 0.1) is 6.26 Å². The van der Waals surface area contributed by atoms with Gasteiger partial charge in [-0.25, -0.2) is 9.97 Å². The van der Waals surface area contributed by atoms with E-state index in [9.17, 15) is 4.79 Å². The summed E-state index contributed by atoms with van der Waals surface area (Å²) < 4.78 is 5.11. The molecule has 2 aromatic heterocycles. The first-order valence-corrected chi connectivity index (χ1v) is 3.93. The Morgan fingerprint density at radius 2 is 2.29 bits per heavy atom. The van der Waals surface area contributed by atoms with Crippen molar-refractivity contribution in [2.75, 3.05) is 5.73 Å². The molecule has 0 unspecified atom stereocenters. The van der Waals surface area contributed by atoms with Crippen LogP contribution in [0.25, 0.3) is 11.5 Å². The highest BCUT2D eigenvalue weighted by atomic mass is 16.3. The lowest BCUT2D eigenvalue weighted by Crippen LogP contribution is -1.99. The number of aldehydes is 1. The minimum Gasteiger partial charge on any atom is -0.463 e. The van der Waals surface area contributed by atoms with Crippen molar-refractivity contribution in [2.24, 2.45) is 0 Å². The summed E-state index contributed by atoms with van der Waals surface area (Å²) in [6.45, 7) is 0. The van der Waals surface area contributed by atoms with Crippen LogP contribution in [0.3, 0.4) is 0 Å². The molecule has 0 aromatic carbocycles. The molecule has 2 rings (SSSR count). The summed E-state index contributed by atoms with van der Waals surface area (Å²) in [4.78, 5) is 18.2. The number of hydrogen-bond acceptors (Lipinski definition) is 5. The van der Waals surface area contributed by atoms with E-state index in [2.05, 4.69) is 9.97 Å². The maximum Gasteiger partial charge on any atom is 0.221 e. The molecule has 0 saturated carbocycles. The molecule has 2 N–H and O–H groups in total. The number of carbonyl (C=O) groups excluding carboxylic acids is 1. The van der Waals surface area contributed by atoms with Crippen molar-refractivity contribution in [1.82, 2.24) is 9.97 Å². The molecule has 0 aliphatic carbocycles. The van der Waals surface area contributed by atoms with Gasteiger partial charge in [0, 0.05) is 0 Å². The molecule has 0 atom stereocenters. The van der Waals surface area contributed by atoms with Crippen molar-refractivity contribution >= 4 is 12.2 Å². The molecule has 0 aliphatic rings. The van der Waals surface area contributed by atoms with E-state index in [0.29, 0.717) is 17.7 Å². The molecule has 5 heteroatoms. The third-order valence-corrected chi connectivity index (χ3v) is 1.66. The smallest absolute Gasteiger partial charge is 0.221 e. The van der Waals surface area contributed by atoms with Crippen LogP contribution in [0, 0.1) is 0 Å². The van der Waals surface area contributed by atoms with Gasteiger partial charge < -0.3 is 10.2 Å². The predicted octanol–water partition coefficient (Wildman–Crippen LogP) is 1.13. The first-order valence-electron chi connectivity index (χ1n) is 3.93. The van der Waals surface area contributed by atoms with Crippen molar-refractivity contribution in [3.63, 3.8) is 0 Å². The van der Waals surface area contributed by atoms with Crippen LogP contribution in [0.15, 0.2) is 28.9 Å². The Hall–Kier alpha value is -2.17. The van der Waals surface area contributed by atoms with E-state index in [-0.39, 0.29) is 11.6 Å². The lowest BCUT2D eigenvalue weighted by Gasteiger charge is -1.98. The van der Waals surface area contributed by atoms with E-state index in [4.69, 9.17) is 10.2 Å². The van der Waals surface area contributed by atoms with Gasteiger partial charge in [0.2, 0.25) is 5.95 Å². The minimum atomic E-state index is 0.0565. The fourth-order valence-electron chi connectivity index (χ4n) is 1.10. The number of carbonyl (C=O) groups is 1. The number of nitrogens with zero attached hydrogens (tertiary/aromatic N) is 2. The maximum atomic E-state index is 10.5. The van der Waals surface area contributed by atoms with E-state index in [1.54, 1.807) is 12.1 Å². The Balaban J connectivity index is 2.54. The van der Waals surface area contributed by atoms with Crippen molar-refractivity contribution in [2.45, 2.75) is 0 Å². The summed E-state index contributed by atoms with van der Waals surface area (Å²) in [5.41, 5.74) is 6.16. The van der Waals surface area contributed by atoms with Gasteiger partial charge in [0.25, 0.3) is 0 Å². The van der Waals surface area contributed by atoms with Gasteiger partial charge >= 0.3 is 0 Å². The van der Waals surface area contributed by atoms with Gasteiger partial charge in [-0.15, -0.1) is 0 Å². The average Bonchev–Trinajstić information content (AvgIpc) is 2.69. The van der Waals surface area contributed by atoms with Gasteiger partial charge in [-0.2, -0.15) is 0 Å².